The van der Waals surface area contributed by atoms with Crippen molar-refractivity contribution < 1.29 is 0 Å². The molecule has 0 spiro atoms. The monoisotopic (exact) mass is 330 g/mol. The van der Waals surface area contributed by atoms with Crippen LogP contribution in [0.4, 0.5) is 0 Å². The van der Waals surface area contributed by atoms with E-state index in [1.165, 1.54) is 32.8 Å². The lowest BCUT2D eigenvalue weighted by atomic mass is 10.0. The quantitative estimate of drug-likeness (QED) is 0.364. The lowest BCUT2D eigenvalue weighted by Gasteiger charge is -2.06. The Morgan fingerprint density at radius 1 is 0.538 bits per heavy atom. The van der Waals surface area contributed by atoms with Crippen molar-refractivity contribution in [2.45, 2.75) is 0 Å². The van der Waals surface area contributed by atoms with Crippen molar-refractivity contribution in [3.63, 3.8) is 0 Å². The summed E-state index contributed by atoms with van der Waals surface area (Å²) in [5.41, 5.74) is 6.59. The van der Waals surface area contributed by atoms with Gasteiger partial charge in [-0.1, -0.05) is 60.7 Å². The summed E-state index contributed by atoms with van der Waals surface area (Å²) in [5.74, 6) is 0. The van der Waals surface area contributed by atoms with E-state index in [1.807, 2.05) is 12.3 Å². The maximum absolute atomic E-state index is 5.01. The first-order valence-corrected chi connectivity index (χ1v) is 8.77. The molecule has 0 saturated heterocycles. The zero-order valence-electron chi connectivity index (χ0n) is 14.0. The van der Waals surface area contributed by atoms with Crippen LogP contribution >= 0.6 is 0 Å². The molecule has 2 heterocycles. The number of hydrogen-bond acceptors (Lipinski definition) is 2. The van der Waals surface area contributed by atoms with Gasteiger partial charge in [-0.05, 0) is 39.9 Å². The Morgan fingerprint density at radius 2 is 1.31 bits per heavy atom. The Kier molecular flexibility index (Phi) is 2.64. The molecule has 0 unspecified atom stereocenters. The van der Waals surface area contributed by atoms with Crippen molar-refractivity contribution in [3.05, 3.63) is 85.1 Å². The van der Waals surface area contributed by atoms with E-state index < -0.39 is 0 Å². The molecule has 2 heteroatoms. The standard InChI is InChI=1S/C24H14N2/c1-2-6-17-14-25-22(13-16(17)5-1)21-12-11-19-18-9-3-7-15-8-4-10-20(23(15)18)24(19)26-21/h1-14H. The van der Waals surface area contributed by atoms with E-state index in [4.69, 9.17) is 4.98 Å². The molecule has 2 aromatic heterocycles. The third kappa shape index (κ3) is 1.81. The zero-order valence-corrected chi connectivity index (χ0v) is 14.0. The highest BCUT2D eigenvalue weighted by molar-refractivity contribution is 6.14. The highest BCUT2D eigenvalue weighted by Crippen LogP contribution is 2.46. The minimum absolute atomic E-state index is 0.912. The second-order valence-corrected chi connectivity index (χ2v) is 6.72. The van der Waals surface area contributed by atoms with E-state index in [0.29, 0.717) is 0 Å². The van der Waals surface area contributed by atoms with Crippen LogP contribution in [0, 0.1) is 0 Å². The van der Waals surface area contributed by atoms with Crippen molar-refractivity contribution >= 4 is 21.5 Å². The molecule has 120 valence electrons. The Morgan fingerprint density at radius 3 is 2.19 bits per heavy atom. The smallest absolute Gasteiger partial charge is 0.0894 e. The molecule has 0 radical (unpaired) electrons. The topological polar surface area (TPSA) is 25.8 Å². The number of benzene rings is 3. The first-order chi connectivity index (χ1) is 12.9. The predicted octanol–water partition coefficient (Wildman–Crippen LogP) is 6.10. The van der Waals surface area contributed by atoms with Gasteiger partial charge < -0.3 is 0 Å². The van der Waals surface area contributed by atoms with Gasteiger partial charge in [0.25, 0.3) is 0 Å². The van der Waals surface area contributed by atoms with Gasteiger partial charge in [-0.2, -0.15) is 0 Å². The minimum atomic E-state index is 0.912. The van der Waals surface area contributed by atoms with Crippen LogP contribution in [0.3, 0.4) is 0 Å². The molecule has 1 aliphatic carbocycles. The molecule has 0 aliphatic heterocycles. The van der Waals surface area contributed by atoms with Gasteiger partial charge in [0.05, 0.1) is 17.1 Å². The third-order valence-electron chi connectivity index (χ3n) is 5.24. The van der Waals surface area contributed by atoms with E-state index in [1.54, 1.807) is 0 Å². The molecule has 0 fully saturated rings. The van der Waals surface area contributed by atoms with Crippen molar-refractivity contribution in [1.29, 1.82) is 0 Å². The molecule has 0 bridgehead atoms. The van der Waals surface area contributed by atoms with Crippen LogP contribution in [-0.2, 0) is 0 Å². The molecule has 0 N–H and O–H groups in total. The SMILES string of the molecule is c1ccc2cc(-c3ccc4c(n3)-c3cccc5cccc-4c35)ncc2c1. The first-order valence-electron chi connectivity index (χ1n) is 8.77. The molecule has 1 aliphatic rings. The number of pyridine rings is 2. The number of rotatable bonds is 1. The Hall–Kier alpha value is -3.52. The zero-order chi connectivity index (χ0) is 17.1. The van der Waals surface area contributed by atoms with Gasteiger partial charge in [0, 0.05) is 22.7 Å². The summed E-state index contributed by atoms with van der Waals surface area (Å²) in [5, 5.41) is 4.91. The number of fused-ring (bicyclic) bond motifs is 4. The maximum atomic E-state index is 5.01. The van der Waals surface area contributed by atoms with E-state index in [9.17, 15) is 0 Å². The summed E-state index contributed by atoms with van der Waals surface area (Å²) in [4.78, 5) is 9.65. The summed E-state index contributed by atoms with van der Waals surface area (Å²) in [7, 11) is 0. The van der Waals surface area contributed by atoms with Gasteiger partial charge in [-0.3, -0.25) is 4.98 Å². The second kappa shape index (κ2) is 4.99. The fourth-order valence-corrected chi connectivity index (χ4v) is 4.01. The Bertz CT molecular complexity index is 1330. The van der Waals surface area contributed by atoms with Crippen molar-refractivity contribution in [2.75, 3.05) is 0 Å². The van der Waals surface area contributed by atoms with Crippen LogP contribution in [0.2, 0.25) is 0 Å². The van der Waals surface area contributed by atoms with Gasteiger partial charge in [0.1, 0.15) is 0 Å². The fourth-order valence-electron chi connectivity index (χ4n) is 4.01. The molecule has 0 saturated carbocycles. The minimum Gasteiger partial charge on any atom is -0.254 e. The van der Waals surface area contributed by atoms with Crippen molar-refractivity contribution in [2.24, 2.45) is 0 Å². The summed E-state index contributed by atoms with van der Waals surface area (Å²) >= 11 is 0. The molecular formula is C24H14N2. The number of nitrogens with zero attached hydrogens (tertiary/aromatic N) is 2. The highest BCUT2D eigenvalue weighted by atomic mass is 14.8. The van der Waals surface area contributed by atoms with E-state index in [-0.39, 0.29) is 0 Å². The molecule has 26 heavy (non-hydrogen) atoms. The van der Waals surface area contributed by atoms with Crippen LogP contribution in [0.1, 0.15) is 0 Å². The molecule has 0 atom stereocenters. The highest BCUT2D eigenvalue weighted by Gasteiger charge is 2.22. The third-order valence-corrected chi connectivity index (χ3v) is 5.24. The lowest BCUT2D eigenvalue weighted by Crippen LogP contribution is -1.90. The molecule has 6 rings (SSSR count). The van der Waals surface area contributed by atoms with Gasteiger partial charge in [-0.15, -0.1) is 0 Å². The largest absolute Gasteiger partial charge is 0.254 e. The summed E-state index contributed by atoms with van der Waals surface area (Å²) in [6, 6.07) is 27.6. The first kappa shape index (κ1) is 13.7. The van der Waals surface area contributed by atoms with Gasteiger partial charge in [0.15, 0.2) is 0 Å². The molecule has 3 aromatic carbocycles. The van der Waals surface area contributed by atoms with Crippen molar-refractivity contribution in [3.8, 4) is 33.8 Å². The lowest BCUT2D eigenvalue weighted by molar-refractivity contribution is 1.27. The summed E-state index contributed by atoms with van der Waals surface area (Å²) < 4.78 is 0. The van der Waals surface area contributed by atoms with Gasteiger partial charge >= 0.3 is 0 Å². The van der Waals surface area contributed by atoms with Gasteiger partial charge in [-0.25, -0.2) is 4.98 Å². The Labute approximate surface area is 150 Å². The predicted molar refractivity (Wildman–Crippen MR) is 107 cm³/mol. The number of hydrogen-bond donors (Lipinski definition) is 0. The molecule has 0 amide bonds. The fraction of sp³-hybridized carbons (Fsp3) is 0. The normalized spacial score (nSPS) is 11.8. The van der Waals surface area contributed by atoms with Crippen molar-refractivity contribution in [1.82, 2.24) is 9.97 Å². The van der Waals surface area contributed by atoms with E-state index >= 15 is 0 Å². The number of aromatic nitrogens is 2. The average molecular weight is 330 g/mol. The van der Waals surface area contributed by atoms with Gasteiger partial charge in [0.2, 0.25) is 0 Å². The summed E-state index contributed by atoms with van der Waals surface area (Å²) in [6.45, 7) is 0. The summed E-state index contributed by atoms with van der Waals surface area (Å²) in [6.07, 6.45) is 1.93. The van der Waals surface area contributed by atoms with E-state index in [0.717, 1.165) is 22.5 Å². The Balaban J connectivity index is 1.59. The second-order valence-electron chi connectivity index (χ2n) is 6.72. The average Bonchev–Trinajstić information content (AvgIpc) is 3.03. The molecule has 2 nitrogen and oxygen atoms in total. The van der Waals surface area contributed by atoms with E-state index in [2.05, 4.69) is 77.8 Å². The van der Waals surface area contributed by atoms with Crippen LogP contribution in [-0.4, -0.2) is 9.97 Å². The maximum Gasteiger partial charge on any atom is 0.0894 e. The van der Waals surface area contributed by atoms with Crippen LogP contribution in [0.25, 0.3) is 55.3 Å². The van der Waals surface area contributed by atoms with Crippen LogP contribution in [0.5, 0.6) is 0 Å². The molecule has 5 aromatic rings. The van der Waals surface area contributed by atoms with Crippen LogP contribution < -0.4 is 0 Å². The molecular weight excluding hydrogens is 316 g/mol. The van der Waals surface area contributed by atoms with Crippen LogP contribution in [0.15, 0.2) is 85.1 Å².